The summed E-state index contributed by atoms with van der Waals surface area (Å²) in [6.07, 6.45) is 1.01. The van der Waals surface area contributed by atoms with Gasteiger partial charge in [-0.25, -0.2) is 4.79 Å². The zero-order valence-corrected chi connectivity index (χ0v) is 9.73. The topological polar surface area (TPSA) is 35.5 Å². The van der Waals surface area contributed by atoms with Crippen LogP contribution in [0.4, 0.5) is 0 Å². The fourth-order valence-electron chi connectivity index (χ4n) is 1.71. The van der Waals surface area contributed by atoms with Crippen LogP contribution in [0.25, 0.3) is 0 Å². The van der Waals surface area contributed by atoms with Crippen LogP contribution in [0.3, 0.4) is 0 Å². The predicted octanol–water partition coefficient (Wildman–Crippen LogP) is 2.39. The van der Waals surface area contributed by atoms with Crippen LogP contribution in [-0.4, -0.2) is 18.7 Å². The van der Waals surface area contributed by atoms with E-state index in [0.717, 1.165) is 22.4 Å². The van der Waals surface area contributed by atoms with Crippen molar-refractivity contribution < 1.29 is 14.3 Å². The summed E-state index contributed by atoms with van der Waals surface area (Å²) < 4.78 is 10.5. The number of carbonyl (C=O) groups excluding carboxylic acids is 1. The second-order valence-electron chi connectivity index (χ2n) is 3.60. The highest BCUT2D eigenvalue weighted by Crippen LogP contribution is 2.30. The van der Waals surface area contributed by atoms with E-state index in [9.17, 15) is 4.79 Å². The van der Waals surface area contributed by atoms with Crippen molar-refractivity contribution >= 4 is 17.3 Å². The van der Waals surface area contributed by atoms with Crippen LogP contribution in [0.1, 0.15) is 34.6 Å². The van der Waals surface area contributed by atoms with E-state index in [0.29, 0.717) is 13.2 Å². The third kappa shape index (κ3) is 2.06. The summed E-state index contributed by atoms with van der Waals surface area (Å²) in [6, 6.07) is 0. The van der Waals surface area contributed by atoms with Crippen molar-refractivity contribution in [2.45, 2.75) is 33.0 Å². The van der Waals surface area contributed by atoms with Gasteiger partial charge in [-0.3, -0.25) is 0 Å². The van der Waals surface area contributed by atoms with Crippen LogP contribution in [0.2, 0.25) is 0 Å². The van der Waals surface area contributed by atoms with Gasteiger partial charge in [0.1, 0.15) is 0 Å². The number of thiophene rings is 1. The number of ether oxygens (including phenoxy) is 2. The third-order valence-electron chi connectivity index (χ3n) is 2.47. The molecule has 0 saturated carbocycles. The van der Waals surface area contributed by atoms with Crippen molar-refractivity contribution in [1.29, 1.82) is 0 Å². The van der Waals surface area contributed by atoms with Crippen molar-refractivity contribution in [2.24, 2.45) is 0 Å². The molecule has 2 heterocycles. The molecule has 0 N–H and O–H groups in total. The molecule has 0 aliphatic carbocycles. The quantitative estimate of drug-likeness (QED) is 0.726. The van der Waals surface area contributed by atoms with E-state index in [1.165, 1.54) is 0 Å². The molecule has 1 aliphatic heterocycles. The number of carbonyl (C=O) groups is 1. The highest BCUT2D eigenvalue weighted by Gasteiger charge is 2.24. The Balaban J connectivity index is 2.26. The molecule has 4 heteroatoms. The molecule has 1 aromatic rings. The Labute approximate surface area is 93.0 Å². The molecule has 0 spiro atoms. The lowest BCUT2D eigenvalue weighted by molar-refractivity contribution is 0.0414. The second kappa shape index (κ2) is 4.33. The predicted molar refractivity (Wildman–Crippen MR) is 58.2 cm³/mol. The van der Waals surface area contributed by atoms with Crippen LogP contribution < -0.4 is 0 Å². The minimum Gasteiger partial charge on any atom is -0.462 e. The summed E-state index contributed by atoms with van der Waals surface area (Å²) >= 11 is 1.58. The third-order valence-corrected chi connectivity index (χ3v) is 3.47. The molecular weight excluding hydrogens is 212 g/mol. The minimum atomic E-state index is -0.205. The molecule has 0 fully saturated rings. The Bertz CT molecular complexity index is 370. The molecule has 1 atom stereocenters. The van der Waals surface area contributed by atoms with Gasteiger partial charge < -0.3 is 9.47 Å². The van der Waals surface area contributed by atoms with Gasteiger partial charge in [0.2, 0.25) is 0 Å². The number of fused-ring (bicyclic) bond motifs is 1. The van der Waals surface area contributed by atoms with Crippen LogP contribution in [0.5, 0.6) is 0 Å². The molecule has 2 rings (SSSR count). The molecule has 0 bridgehead atoms. The molecule has 3 nitrogen and oxygen atoms in total. The van der Waals surface area contributed by atoms with E-state index in [1.807, 2.05) is 19.2 Å². The summed E-state index contributed by atoms with van der Waals surface area (Å²) in [5, 5.41) is 1.88. The first-order valence-corrected chi connectivity index (χ1v) is 5.98. The SMILES string of the molecule is CCOC(=O)c1csc2c1CC(C)OC2. The van der Waals surface area contributed by atoms with Gasteiger partial charge in [0.15, 0.2) is 0 Å². The van der Waals surface area contributed by atoms with Gasteiger partial charge in [-0.2, -0.15) is 0 Å². The first-order valence-electron chi connectivity index (χ1n) is 5.10. The normalized spacial score (nSPS) is 19.7. The largest absolute Gasteiger partial charge is 0.462 e. The standard InChI is InChI=1S/C11H14O3S/c1-3-13-11(12)9-6-15-10-5-14-7(2)4-8(9)10/h6-7H,3-5H2,1-2H3. The lowest BCUT2D eigenvalue weighted by atomic mass is 10.0. The van der Waals surface area contributed by atoms with Gasteiger partial charge in [-0.15, -0.1) is 11.3 Å². The molecule has 1 aliphatic rings. The summed E-state index contributed by atoms with van der Waals surface area (Å²) in [6.45, 7) is 4.90. The van der Waals surface area contributed by atoms with Gasteiger partial charge >= 0.3 is 5.97 Å². The maximum absolute atomic E-state index is 11.6. The fourth-order valence-corrected chi connectivity index (χ4v) is 2.68. The van der Waals surface area contributed by atoms with Crippen molar-refractivity contribution in [3.63, 3.8) is 0 Å². The minimum absolute atomic E-state index is 0.195. The van der Waals surface area contributed by atoms with Gasteiger partial charge in [-0.1, -0.05) is 0 Å². The van der Waals surface area contributed by atoms with Crippen molar-refractivity contribution in [2.75, 3.05) is 6.61 Å². The summed E-state index contributed by atoms with van der Waals surface area (Å²) in [5.74, 6) is -0.205. The van der Waals surface area contributed by atoms with Crippen molar-refractivity contribution in [1.82, 2.24) is 0 Å². The Hall–Kier alpha value is -0.870. The van der Waals surface area contributed by atoms with Gasteiger partial charge in [-0.05, 0) is 19.4 Å². The lowest BCUT2D eigenvalue weighted by Crippen LogP contribution is -2.19. The van der Waals surface area contributed by atoms with Crippen LogP contribution in [0, 0.1) is 0 Å². The number of hydrogen-bond donors (Lipinski definition) is 0. The molecule has 1 aromatic heterocycles. The van der Waals surface area contributed by atoms with Crippen molar-refractivity contribution in [3.05, 3.63) is 21.4 Å². The number of rotatable bonds is 2. The number of esters is 1. The Morgan fingerprint density at radius 2 is 2.53 bits per heavy atom. The Kier molecular flexibility index (Phi) is 3.07. The Morgan fingerprint density at radius 1 is 1.73 bits per heavy atom. The second-order valence-corrected chi connectivity index (χ2v) is 4.56. The van der Waals surface area contributed by atoms with Crippen LogP contribution in [-0.2, 0) is 22.5 Å². The molecule has 1 unspecified atom stereocenters. The zero-order chi connectivity index (χ0) is 10.8. The van der Waals surface area contributed by atoms with E-state index in [4.69, 9.17) is 9.47 Å². The molecule has 82 valence electrons. The monoisotopic (exact) mass is 226 g/mol. The van der Waals surface area contributed by atoms with Crippen LogP contribution in [0.15, 0.2) is 5.38 Å². The van der Waals surface area contributed by atoms with E-state index in [1.54, 1.807) is 11.3 Å². The smallest absolute Gasteiger partial charge is 0.339 e. The first kappa shape index (κ1) is 10.6. The highest BCUT2D eigenvalue weighted by atomic mass is 32.1. The fraction of sp³-hybridized carbons (Fsp3) is 0.545. The molecule has 0 radical (unpaired) electrons. The molecule has 0 amide bonds. The van der Waals surface area contributed by atoms with E-state index < -0.39 is 0 Å². The average molecular weight is 226 g/mol. The first-order chi connectivity index (χ1) is 7.22. The molecule has 0 saturated heterocycles. The lowest BCUT2D eigenvalue weighted by Gasteiger charge is -2.19. The zero-order valence-electron chi connectivity index (χ0n) is 8.91. The van der Waals surface area contributed by atoms with E-state index >= 15 is 0 Å². The molecular formula is C11H14O3S. The van der Waals surface area contributed by atoms with Gasteiger partial charge in [0, 0.05) is 16.7 Å². The maximum atomic E-state index is 11.6. The molecule has 0 aromatic carbocycles. The Morgan fingerprint density at radius 3 is 3.27 bits per heavy atom. The van der Waals surface area contributed by atoms with E-state index in [-0.39, 0.29) is 12.1 Å². The van der Waals surface area contributed by atoms with Crippen LogP contribution >= 0.6 is 11.3 Å². The average Bonchev–Trinajstić information content (AvgIpc) is 2.60. The van der Waals surface area contributed by atoms with Gasteiger partial charge in [0.05, 0.1) is 24.9 Å². The summed E-state index contributed by atoms with van der Waals surface area (Å²) in [7, 11) is 0. The summed E-state index contributed by atoms with van der Waals surface area (Å²) in [4.78, 5) is 12.8. The highest BCUT2D eigenvalue weighted by molar-refractivity contribution is 7.10. The maximum Gasteiger partial charge on any atom is 0.339 e. The van der Waals surface area contributed by atoms with Gasteiger partial charge in [0.25, 0.3) is 0 Å². The van der Waals surface area contributed by atoms with Crippen molar-refractivity contribution in [3.8, 4) is 0 Å². The molecule has 15 heavy (non-hydrogen) atoms. The summed E-state index contributed by atoms with van der Waals surface area (Å²) in [5.41, 5.74) is 1.85. The van der Waals surface area contributed by atoms with E-state index in [2.05, 4.69) is 0 Å². The number of hydrogen-bond acceptors (Lipinski definition) is 4.